The van der Waals surface area contributed by atoms with Gasteiger partial charge in [-0.1, -0.05) is 117 Å². The van der Waals surface area contributed by atoms with E-state index in [1.54, 1.807) is 0 Å². The van der Waals surface area contributed by atoms with Crippen LogP contribution >= 0.6 is 0 Å². The number of furan rings is 2. The van der Waals surface area contributed by atoms with E-state index < -0.39 is 0 Å². The summed E-state index contributed by atoms with van der Waals surface area (Å²) in [6.45, 7) is 13.5. The zero-order valence-corrected chi connectivity index (χ0v) is 42.5. The van der Waals surface area contributed by atoms with Crippen LogP contribution in [0, 0.1) is 41.5 Å². The zero-order chi connectivity index (χ0) is 48.8. The first-order valence-corrected chi connectivity index (χ1v) is 26.5. The number of para-hydroxylation sites is 4. The van der Waals surface area contributed by atoms with E-state index in [1.807, 2.05) is 36.4 Å². The lowest BCUT2D eigenvalue weighted by molar-refractivity contribution is 0.668. The Kier molecular flexibility index (Phi) is 10.9. The summed E-state index contributed by atoms with van der Waals surface area (Å²) < 4.78 is 12.5. The summed E-state index contributed by atoms with van der Waals surface area (Å²) in [4.78, 5) is 2.55. The number of anilines is 5. The highest BCUT2D eigenvalue weighted by molar-refractivity contribution is 6.29. The third-order valence-electron chi connectivity index (χ3n) is 17.1. The van der Waals surface area contributed by atoms with Crippen molar-refractivity contribution in [3.8, 4) is 0 Å². The normalized spacial score (nSPS) is 14.5. The van der Waals surface area contributed by atoms with Crippen molar-refractivity contribution >= 4 is 105 Å². The molecule has 2 fully saturated rings. The summed E-state index contributed by atoms with van der Waals surface area (Å²) in [6, 6.07) is 55.8. The van der Waals surface area contributed by atoms with Crippen LogP contribution in [0.15, 0.2) is 160 Å². The highest BCUT2D eigenvalue weighted by Crippen LogP contribution is 2.53. The molecule has 0 aliphatic heterocycles. The molecular weight excluding hydrogens is 877 g/mol. The van der Waals surface area contributed by atoms with Crippen LogP contribution in [0.5, 0.6) is 0 Å². The van der Waals surface area contributed by atoms with Gasteiger partial charge in [0, 0.05) is 49.4 Å². The van der Waals surface area contributed by atoms with E-state index >= 15 is 0 Å². The van der Waals surface area contributed by atoms with E-state index in [9.17, 15) is 0 Å². The van der Waals surface area contributed by atoms with Crippen molar-refractivity contribution in [2.24, 2.45) is 0 Å². The second kappa shape index (κ2) is 17.6. The summed E-state index contributed by atoms with van der Waals surface area (Å²) in [5, 5.41) is 17.0. The Balaban J connectivity index is 0.000000334. The molecule has 2 saturated carbocycles. The van der Waals surface area contributed by atoms with E-state index in [4.69, 9.17) is 8.83 Å². The molecule has 0 unspecified atom stereocenters. The van der Waals surface area contributed by atoms with Gasteiger partial charge in [-0.2, -0.15) is 0 Å². The van der Waals surface area contributed by atoms with Gasteiger partial charge in [-0.3, -0.25) is 0 Å². The number of aryl methyl sites for hydroxylation is 4. The average Bonchev–Trinajstić information content (AvgIpc) is 4.25. The van der Waals surface area contributed by atoms with Crippen molar-refractivity contribution in [1.29, 1.82) is 0 Å². The predicted molar refractivity (Wildman–Crippen MR) is 306 cm³/mol. The van der Waals surface area contributed by atoms with Crippen molar-refractivity contribution < 1.29 is 8.83 Å². The van der Waals surface area contributed by atoms with Gasteiger partial charge in [0.05, 0.1) is 11.4 Å². The van der Waals surface area contributed by atoms with Gasteiger partial charge in [-0.25, -0.2) is 0 Å². The maximum absolute atomic E-state index is 6.87. The van der Waals surface area contributed by atoms with Crippen molar-refractivity contribution in [1.82, 2.24) is 0 Å². The summed E-state index contributed by atoms with van der Waals surface area (Å²) in [7, 11) is 0. The molecule has 0 bridgehead atoms. The molecule has 0 spiro atoms. The maximum Gasteiger partial charge on any atom is 0.159 e. The van der Waals surface area contributed by atoms with Crippen LogP contribution in [-0.4, -0.2) is 0 Å². The Morgan fingerprint density at radius 2 is 0.861 bits per heavy atom. The molecule has 2 heterocycles. The Bertz CT molecular complexity index is 3970. The van der Waals surface area contributed by atoms with Crippen LogP contribution in [0.2, 0.25) is 0 Å². The van der Waals surface area contributed by atoms with Crippen molar-refractivity contribution in [3.05, 3.63) is 196 Å². The smallest absolute Gasteiger partial charge is 0.159 e. The van der Waals surface area contributed by atoms with E-state index in [0.717, 1.165) is 38.8 Å². The van der Waals surface area contributed by atoms with Crippen LogP contribution < -0.4 is 10.2 Å². The fourth-order valence-corrected chi connectivity index (χ4v) is 12.9. The number of nitrogens with zero attached hydrogens (tertiary/aromatic N) is 1. The molecule has 1 N–H and O–H groups in total. The maximum atomic E-state index is 6.87. The molecule has 0 saturated heterocycles. The molecule has 0 radical (unpaired) electrons. The Morgan fingerprint density at radius 1 is 0.403 bits per heavy atom. The molecule has 0 amide bonds. The lowest BCUT2D eigenvalue weighted by Crippen LogP contribution is -2.13. The van der Waals surface area contributed by atoms with Gasteiger partial charge in [0.15, 0.2) is 5.58 Å². The van der Waals surface area contributed by atoms with Crippen LogP contribution in [0.1, 0.15) is 108 Å². The van der Waals surface area contributed by atoms with Gasteiger partial charge < -0.3 is 19.1 Å². The number of benzene rings is 10. The molecule has 12 aromatic rings. The summed E-state index contributed by atoms with van der Waals surface area (Å²) >= 11 is 0. The monoisotopic (exact) mass is 938 g/mol. The fourth-order valence-electron chi connectivity index (χ4n) is 12.9. The van der Waals surface area contributed by atoms with Gasteiger partial charge in [0.25, 0.3) is 0 Å². The Hall–Kier alpha value is -7.56. The largest absolute Gasteiger partial charge is 0.456 e. The van der Waals surface area contributed by atoms with E-state index in [-0.39, 0.29) is 0 Å². The summed E-state index contributed by atoms with van der Waals surface area (Å²) in [6.07, 6.45) is 10.2. The first-order valence-electron chi connectivity index (χ1n) is 26.5. The highest BCUT2D eigenvalue weighted by atomic mass is 16.3. The molecule has 0 atom stereocenters. The third kappa shape index (κ3) is 7.32. The first kappa shape index (κ1) is 44.4. The molecule has 356 valence electrons. The van der Waals surface area contributed by atoms with Crippen molar-refractivity contribution in [2.75, 3.05) is 10.2 Å². The van der Waals surface area contributed by atoms with Gasteiger partial charge >= 0.3 is 0 Å². The number of hydrogen-bond donors (Lipinski definition) is 1. The molecule has 2 aliphatic carbocycles. The standard InChI is InChI=1S/C56H54N2O.C12H8O/c1-32-26-40(27-33(2)36(32)5)57-50-30-48(38-14-7-8-15-38)43-23-25-47-52(31-49(39-16-9-10-17-39)44-22-24-46(50)54(43)55(44)47)58(41-28-34(3)37(6)35(4)29-41)51-20-13-19-45-42-18-11-12-21-53(42)59-56(45)51;1-3-7-11-9(5-1)10-6-2-4-8-12(10)13-11/h11-13,18-31,38-39,57H,7-10,14-17H2,1-6H3;1-8H. The topological polar surface area (TPSA) is 41.5 Å². The Morgan fingerprint density at radius 3 is 1.44 bits per heavy atom. The van der Waals surface area contributed by atoms with Crippen LogP contribution in [0.25, 0.3) is 76.2 Å². The van der Waals surface area contributed by atoms with Crippen molar-refractivity contribution in [2.45, 2.75) is 105 Å². The molecule has 72 heavy (non-hydrogen) atoms. The van der Waals surface area contributed by atoms with Gasteiger partial charge in [0.2, 0.25) is 0 Å². The van der Waals surface area contributed by atoms with Crippen molar-refractivity contribution in [3.63, 3.8) is 0 Å². The SMILES string of the molecule is Cc1cc(Nc2cc(C3CCCC3)c3ccc4c(N(c5cc(C)c(C)c(C)c5)c5cccc6c5oc5ccccc56)cc(C5CCCC5)c5ccc2c3c54)cc(C)c1C.c1ccc2c(c1)oc1ccccc12. The van der Waals surface area contributed by atoms with Crippen LogP contribution in [0.4, 0.5) is 28.4 Å². The van der Waals surface area contributed by atoms with E-state index in [0.29, 0.717) is 11.8 Å². The molecule has 10 aromatic carbocycles. The number of rotatable bonds is 7. The highest BCUT2D eigenvalue weighted by Gasteiger charge is 2.30. The quantitative estimate of drug-likeness (QED) is 0.162. The average molecular weight is 939 g/mol. The minimum atomic E-state index is 0.522. The number of nitrogens with one attached hydrogen (secondary N) is 1. The molecule has 2 aromatic heterocycles. The van der Waals surface area contributed by atoms with Crippen LogP contribution in [0.3, 0.4) is 0 Å². The third-order valence-corrected chi connectivity index (χ3v) is 17.1. The number of fused-ring (bicyclic) bond motifs is 6. The second-order valence-corrected chi connectivity index (χ2v) is 21.3. The molecule has 2 aliphatic rings. The summed E-state index contributed by atoms with van der Waals surface area (Å²) in [5.41, 5.74) is 20.6. The minimum Gasteiger partial charge on any atom is -0.456 e. The molecular formula is C68H62N2O2. The molecule has 4 nitrogen and oxygen atoms in total. The first-order chi connectivity index (χ1) is 35.2. The lowest BCUT2D eigenvalue weighted by Gasteiger charge is -2.31. The fraction of sp³-hybridized carbons (Fsp3) is 0.235. The van der Waals surface area contributed by atoms with E-state index in [1.165, 1.54) is 162 Å². The predicted octanol–water partition coefficient (Wildman–Crippen LogP) is 20.4. The van der Waals surface area contributed by atoms with Gasteiger partial charge in [0.1, 0.15) is 16.7 Å². The van der Waals surface area contributed by atoms with Crippen LogP contribution in [-0.2, 0) is 0 Å². The molecule has 4 heteroatoms. The van der Waals surface area contributed by atoms with Gasteiger partial charge in [-0.15, -0.1) is 0 Å². The van der Waals surface area contributed by atoms with Gasteiger partial charge in [-0.05, 0) is 206 Å². The molecule has 14 rings (SSSR count). The minimum absolute atomic E-state index is 0.522. The second-order valence-electron chi connectivity index (χ2n) is 21.3. The van der Waals surface area contributed by atoms with E-state index in [2.05, 4.69) is 167 Å². The summed E-state index contributed by atoms with van der Waals surface area (Å²) in [5.74, 6) is 1.09. The lowest BCUT2D eigenvalue weighted by atomic mass is 9.82. The number of hydrogen-bond acceptors (Lipinski definition) is 4. The zero-order valence-electron chi connectivity index (χ0n) is 42.5. The Labute approximate surface area is 422 Å².